The molecule has 1 fully saturated rings. The van der Waals surface area contributed by atoms with Gasteiger partial charge in [-0.3, -0.25) is 4.79 Å². The predicted molar refractivity (Wildman–Crippen MR) is 71.5 cm³/mol. The summed E-state index contributed by atoms with van der Waals surface area (Å²) in [7, 11) is 0. The summed E-state index contributed by atoms with van der Waals surface area (Å²) in [5.41, 5.74) is 0. The maximum Gasteiger partial charge on any atom is 0.260 e. The Kier molecular flexibility index (Phi) is 4.60. The van der Waals surface area contributed by atoms with Crippen molar-refractivity contribution in [1.82, 2.24) is 4.90 Å². The van der Waals surface area contributed by atoms with Gasteiger partial charge in [0.15, 0.2) is 6.61 Å². The number of amides is 1. The van der Waals surface area contributed by atoms with Crippen LogP contribution >= 0.6 is 15.9 Å². The highest BCUT2D eigenvalue weighted by Gasteiger charge is 2.27. The molecule has 18 heavy (non-hydrogen) atoms. The van der Waals surface area contributed by atoms with E-state index in [1.165, 1.54) is 0 Å². The number of benzene rings is 1. The number of nitrogens with zero attached hydrogens (tertiary/aromatic N) is 1. The van der Waals surface area contributed by atoms with Crippen molar-refractivity contribution in [1.29, 1.82) is 0 Å². The second-order valence-electron chi connectivity index (χ2n) is 4.31. The third-order valence-corrected chi connectivity index (χ3v) is 3.56. The third-order valence-electron chi connectivity index (χ3n) is 3.07. The van der Waals surface area contributed by atoms with Crippen LogP contribution in [0, 0.1) is 0 Å². The van der Waals surface area contributed by atoms with E-state index in [9.17, 15) is 4.79 Å². The van der Waals surface area contributed by atoms with Crippen molar-refractivity contribution in [2.45, 2.75) is 18.9 Å². The lowest BCUT2D eigenvalue weighted by atomic mass is 10.2. The van der Waals surface area contributed by atoms with Gasteiger partial charge in [0.25, 0.3) is 5.91 Å². The molecule has 5 heteroatoms. The fourth-order valence-electron chi connectivity index (χ4n) is 2.14. The van der Waals surface area contributed by atoms with Gasteiger partial charge in [0, 0.05) is 11.0 Å². The maximum atomic E-state index is 12.0. The zero-order valence-corrected chi connectivity index (χ0v) is 11.6. The smallest absolute Gasteiger partial charge is 0.260 e. The number of carbonyl (C=O) groups is 1. The van der Waals surface area contributed by atoms with Crippen LogP contribution in [0.5, 0.6) is 5.75 Å². The number of aliphatic hydroxyl groups is 1. The summed E-state index contributed by atoms with van der Waals surface area (Å²) >= 11 is 3.35. The summed E-state index contributed by atoms with van der Waals surface area (Å²) < 4.78 is 6.37. The SMILES string of the molecule is O=C(COc1cccc(Br)c1)N1CCCC1CO. The molecule has 0 aliphatic carbocycles. The zero-order chi connectivity index (χ0) is 13.0. The minimum Gasteiger partial charge on any atom is -0.484 e. The maximum absolute atomic E-state index is 12.0. The van der Waals surface area contributed by atoms with E-state index in [4.69, 9.17) is 9.84 Å². The minimum absolute atomic E-state index is 0.0208. The molecule has 4 nitrogen and oxygen atoms in total. The fourth-order valence-corrected chi connectivity index (χ4v) is 2.52. The molecule has 1 aromatic carbocycles. The molecule has 0 radical (unpaired) electrons. The van der Waals surface area contributed by atoms with Gasteiger partial charge in [-0.25, -0.2) is 0 Å². The first kappa shape index (κ1) is 13.4. The highest BCUT2D eigenvalue weighted by atomic mass is 79.9. The fraction of sp³-hybridized carbons (Fsp3) is 0.462. The van der Waals surface area contributed by atoms with Gasteiger partial charge >= 0.3 is 0 Å². The number of aliphatic hydroxyl groups excluding tert-OH is 1. The Morgan fingerprint density at radius 3 is 3.11 bits per heavy atom. The molecule has 1 aromatic rings. The zero-order valence-electron chi connectivity index (χ0n) is 10.0. The van der Waals surface area contributed by atoms with Crippen LogP contribution in [0.15, 0.2) is 28.7 Å². The number of halogens is 1. The molecule has 1 unspecified atom stereocenters. The van der Waals surface area contributed by atoms with Crippen LogP contribution in [0.4, 0.5) is 0 Å². The number of carbonyl (C=O) groups excluding carboxylic acids is 1. The summed E-state index contributed by atoms with van der Waals surface area (Å²) in [4.78, 5) is 13.7. The van der Waals surface area contributed by atoms with Crippen molar-refractivity contribution in [2.24, 2.45) is 0 Å². The van der Waals surface area contributed by atoms with Gasteiger partial charge in [-0.1, -0.05) is 22.0 Å². The first-order valence-electron chi connectivity index (χ1n) is 5.99. The lowest BCUT2D eigenvalue weighted by molar-refractivity contribution is -0.134. The highest BCUT2D eigenvalue weighted by molar-refractivity contribution is 9.10. The van der Waals surface area contributed by atoms with E-state index in [2.05, 4.69) is 15.9 Å². The monoisotopic (exact) mass is 313 g/mol. The van der Waals surface area contributed by atoms with E-state index in [0.29, 0.717) is 12.3 Å². The van der Waals surface area contributed by atoms with E-state index in [1.54, 1.807) is 4.90 Å². The Labute approximate surface area is 115 Å². The molecule has 98 valence electrons. The van der Waals surface area contributed by atoms with E-state index < -0.39 is 0 Å². The summed E-state index contributed by atoms with van der Waals surface area (Å²) in [5.74, 6) is 0.601. The van der Waals surface area contributed by atoms with Crippen LogP contribution in [0.2, 0.25) is 0 Å². The van der Waals surface area contributed by atoms with Gasteiger partial charge in [-0.15, -0.1) is 0 Å². The lowest BCUT2D eigenvalue weighted by Crippen LogP contribution is -2.40. The lowest BCUT2D eigenvalue weighted by Gasteiger charge is -2.22. The van der Waals surface area contributed by atoms with Gasteiger partial charge in [0.2, 0.25) is 0 Å². The van der Waals surface area contributed by atoms with Gasteiger partial charge in [0.05, 0.1) is 12.6 Å². The second kappa shape index (κ2) is 6.20. The first-order valence-corrected chi connectivity index (χ1v) is 6.78. The number of hydrogen-bond donors (Lipinski definition) is 1. The van der Waals surface area contributed by atoms with Crippen molar-refractivity contribution in [2.75, 3.05) is 19.8 Å². The molecule has 2 rings (SSSR count). The Morgan fingerprint density at radius 2 is 2.39 bits per heavy atom. The van der Waals surface area contributed by atoms with Gasteiger partial charge < -0.3 is 14.7 Å². The van der Waals surface area contributed by atoms with Crippen molar-refractivity contribution in [3.05, 3.63) is 28.7 Å². The number of likely N-dealkylation sites (tertiary alicyclic amines) is 1. The molecule has 1 atom stereocenters. The van der Waals surface area contributed by atoms with Gasteiger partial charge in [-0.2, -0.15) is 0 Å². The molecule has 0 spiro atoms. The van der Waals surface area contributed by atoms with Gasteiger partial charge in [-0.05, 0) is 31.0 Å². The van der Waals surface area contributed by atoms with E-state index in [1.807, 2.05) is 24.3 Å². The standard InChI is InChI=1S/C13H16BrNO3/c14-10-3-1-5-12(7-10)18-9-13(17)15-6-2-4-11(15)8-16/h1,3,5,7,11,16H,2,4,6,8-9H2. The van der Waals surface area contributed by atoms with Crippen LogP contribution in [0.3, 0.4) is 0 Å². The highest BCUT2D eigenvalue weighted by Crippen LogP contribution is 2.19. The molecule has 1 aliphatic rings. The second-order valence-corrected chi connectivity index (χ2v) is 5.23. The summed E-state index contributed by atoms with van der Waals surface area (Å²) in [6.07, 6.45) is 1.83. The van der Waals surface area contributed by atoms with Crippen LogP contribution in [0.1, 0.15) is 12.8 Å². The normalized spacial score (nSPS) is 19.0. The summed E-state index contributed by atoms with van der Waals surface area (Å²) in [6, 6.07) is 7.35. The third kappa shape index (κ3) is 3.23. The molecule has 1 aliphatic heterocycles. The largest absolute Gasteiger partial charge is 0.484 e. The number of rotatable bonds is 4. The van der Waals surface area contributed by atoms with E-state index >= 15 is 0 Å². The number of hydrogen-bond acceptors (Lipinski definition) is 3. The minimum atomic E-state index is -0.0634. The van der Waals surface area contributed by atoms with Crippen LogP contribution in [0.25, 0.3) is 0 Å². The van der Waals surface area contributed by atoms with Crippen LogP contribution < -0.4 is 4.74 Å². The molecule has 0 aromatic heterocycles. The Bertz CT molecular complexity index is 424. The molecule has 1 amide bonds. The molecule has 1 saturated heterocycles. The molecule has 1 N–H and O–H groups in total. The van der Waals surface area contributed by atoms with Crippen molar-refractivity contribution < 1.29 is 14.6 Å². The Morgan fingerprint density at radius 1 is 1.56 bits per heavy atom. The predicted octanol–water partition coefficient (Wildman–Crippen LogP) is 1.81. The van der Waals surface area contributed by atoms with Crippen molar-refractivity contribution in [3.8, 4) is 5.75 Å². The topological polar surface area (TPSA) is 49.8 Å². The average Bonchev–Trinajstić information content (AvgIpc) is 2.84. The molecular weight excluding hydrogens is 298 g/mol. The van der Waals surface area contributed by atoms with Crippen LogP contribution in [-0.4, -0.2) is 41.7 Å². The van der Waals surface area contributed by atoms with Crippen molar-refractivity contribution in [3.63, 3.8) is 0 Å². The van der Waals surface area contributed by atoms with Crippen molar-refractivity contribution >= 4 is 21.8 Å². The van der Waals surface area contributed by atoms with Crippen LogP contribution in [-0.2, 0) is 4.79 Å². The molecule has 0 bridgehead atoms. The molecular formula is C13H16BrNO3. The summed E-state index contributed by atoms with van der Waals surface area (Å²) in [6.45, 7) is 0.765. The number of ether oxygens (including phenoxy) is 1. The van der Waals surface area contributed by atoms with Gasteiger partial charge in [0.1, 0.15) is 5.75 Å². The Hall–Kier alpha value is -1.07. The van der Waals surface area contributed by atoms with E-state index in [-0.39, 0.29) is 25.2 Å². The van der Waals surface area contributed by atoms with E-state index in [0.717, 1.165) is 17.3 Å². The summed E-state index contributed by atoms with van der Waals surface area (Å²) in [5, 5.41) is 9.17. The quantitative estimate of drug-likeness (QED) is 0.922. The average molecular weight is 314 g/mol. The first-order chi connectivity index (χ1) is 8.70. The molecule has 0 saturated carbocycles. The molecule has 1 heterocycles. The Balaban J connectivity index is 1.88.